The third-order valence-corrected chi connectivity index (χ3v) is 2.37. The number of phenols is 1. The molecule has 2 aromatic carbocycles. The van der Waals surface area contributed by atoms with Crippen molar-refractivity contribution in [3.05, 3.63) is 53.8 Å². The van der Waals surface area contributed by atoms with Crippen molar-refractivity contribution in [1.29, 1.82) is 0 Å². The Bertz CT molecular complexity index is 599. The lowest BCUT2D eigenvalue weighted by molar-refractivity contribution is 0.102. The van der Waals surface area contributed by atoms with E-state index in [0.717, 1.165) is 6.07 Å². The molecule has 0 aliphatic carbocycles. The lowest BCUT2D eigenvalue weighted by Crippen LogP contribution is -2.13. The van der Waals surface area contributed by atoms with Gasteiger partial charge in [-0.05, 0) is 36.4 Å². The van der Waals surface area contributed by atoms with Gasteiger partial charge < -0.3 is 16.2 Å². The van der Waals surface area contributed by atoms with Gasteiger partial charge >= 0.3 is 0 Å². The van der Waals surface area contributed by atoms with Crippen molar-refractivity contribution in [2.24, 2.45) is 0 Å². The van der Waals surface area contributed by atoms with Gasteiger partial charge in [-0.3, -0.25) is 4.79 Å². The van der Waals surface area contributed by atoms with Crippen LogP contribution in [-0.2, 0) is 0 Å². The normalized spacial score (nSPS) is 10.1. The van der Waals surface area contributed by atoms with Gasteiger partial charge in [0.15, 0.2) is 0 Å². The Morgan fingerprint density at radius 3 is 2.72 bits per heavy atom. The molecule has 0 bridgehead atoms. The van der Waals surface area contributed by atoms with Gasteiger partial charge in [0.1, 0.15) is 11.6 Å². The molecule has 1 amide bonds. The topological polar surface area (TPSA) is 75.3 Å². The number of aromatic hydroxyl groups is 1. The van der Waals surface area contributed by atoms with Crippen LogP contribution in [0, 0.1) is 5.82 Å². The van der Waals surface area contributed by atoms with E-state index in [1.165, 1.54) is 30.3 Å². The van der Waals surface area contributed by atoms with Crippen LogP contribution in [0.2, 0.25) is 0 Å². The lowest BCUT2D eigenvalue weighted by Gasteiger charge is -2.08. The number of nitrogen functional groups attached to an aromatic ring is 1. The Labute approximate surface area is 103 Å². The fraction of sp³-hybridized carbons (Fsp3) is 0. The van der Waals surface area contributed by atoms with Gasteiger partial charge in [0, 0.05) is 5.56 Å². The van der Waals surface area contributed by atoms with Crippen molar-refractivity contribution < 1.29 is 14.3 Å². The molecule has 0 spiro atoms. The number of nitrogens with two attached hydrogens (primary N) is 1. The highest BCUT2D eigenvalue weighted by Gasteiger charge is 2.09. The maximum Gasteiger partial charge on any atom is 0.255 e. The first-order chi connectivity index (χ1) is 8.56. The molecule has 0 heterocycles. The minimum absolute atomic E-state index is 0.0186. The largest absolute Gasteiger partial charge is 0.508 e. The smallest absolute Gasteiger partial charge is 0.255 e. The molecule has 0 aromatic heterocycles. The van der Waals surface area contributed by atoms with Crippen LogP contribution in [0.5, 0.6) is 5.75 Å². The second-order valence-corrected chi connectivity index (χ2v) is 3.74. The van der Waals surface area contributed by atoms with Crippen LogP contribution in [-0.4, -0.2) is 11.0 Å². The molecular weight excluding hydrogens is 235 g/mol. The van der Waals surface area contributed by atoms with Crippen LogP contribution in [0.15, 0.2) is 42.5 Å². The maximum atomic E-state index is 13.0. The van der Waals surface area contributed by atoms with Gasteiger partial charge in [0.25, 0.3) is 5.91 Å². The molecule has 0 unspecified atom stereocenters. The highest BCUT2D eigenvalue weighted by atomic mass is 19.1. The number of halogens is 1. The average molecular weight is 246 g/mol. The van der Waals surface area contributed by atoms with Gasteiger partial charge in [-0.2, -0.15) is 0 Å². The fourth-order valence-electron chi connectivity index (χ4n) is 1.48. The molecule has 0 radical (unpaired) electrons. The van der Waals surface area contributed by atoms with Crippen LogP contribution >= 0.6 is 0 Å². The minimum atomic E-state index is -0.490. The van der Waals surface area contributed by atoms with Crippen molar-refractivity contribution in [3.63, 3.8) is 0 Å². The minimum Gasteiger partial charge on any atom is -0.508 e. The van der Waals surface area contributed by atoms with Crippen molar-refractivity contribution >= 4 is 17.3 Å². The number of nitrogens with one attached hydrogen (secondary N) is 1. The number of phenolic OH excluding ortho intramolecular Hbond substituents is 1. The number of hydrogen-bond donors (Lipinski definition) is 3. The Morgan fingerprint density at radius 1 is 1.22 bits per heavy atom. The summed E-state index contributed by atoms with van der Waals surface area (Å²) in [7, 11) is 0. The Morgan fingerprint density at radius 2 is 2.00 bits per heavy atom. The van der Waals surface area contributed by atoms with E-state index in [0.29, 0.717) is 0 Å². The summed E-state index contributed by atoms with van der Waals surface area (Å²) < 4.78 is 13.0. The second-order valence-electron chi connectivity index (χ2n) is 3.74. The number of hydrogen-bond acceptors (Lipinski definition) is 3. The molecule has 2 aromatic rings. The van der Waals surface area contributed by atoms with E-state index in [1.54, 1.807) is 6.07 Å². The van der Waals surface area contributed by atoms with E-state index in [9.17, 15) is 14.3 Å². The van der Waals surface area contributed by atoms with Gasteiger partial charge in [-0.25, -0.2) is 4.39 Å². The zero-order valence-corrected chi connectivity index (χ0v) is 9.35. The summed E-state index contributed by atoms with van der Waals surface area (Å²) >= 11 is 0. The summed E-state index contributed by atoms with van der Waals surface area (Å²) in [5.74, 6) is -0.978. The van der Waals surface area contributed by atoms with E-state index in [2.05, 4.69) is 5.32 Å². The van der Waals surface area contributed by atoms with Gasteiger partial charge in [0.2, 0.25) is 0 Å². The summed E-state index contributed by atoms with van der Waals surface area (Å²) in [5.41, 5.74) is 6.34. The van der Waals surface area contributed by atoms with E-state index < -0.39 is 11.7 Å². The Balaban J connectivity index is 2.24. The molecule has 18 heavy (non-hydrogen) atoms. The first kappa shape index (κ1) is 11.9. The highest BCUT2D eigenvalue weighted by Crippen LogP contribution is 2.20. The zero-order valence-electron chi connectivity index (χ0n) is 9.35. The van der Waals surface area contributed by atoms with Crippen molar-refractivity contribution in [3.8, 4) is 5.75 Å². The number of carbonyl (C=O) groups is 1. The standard InChI is InChI=1S/C13H11FN2O2/c14-9-4-5-11(15)12(7-9)16-13(18)8-2-1-3-10(17)6-8/h1-7,17H,15H2,(H,16,18). The van der Waals surface area contributed by atoms with Crippen LogP contribution < -0.4 is 11.1 Å². The van der Waals surface area contributed by atoms with Gasteiger partial charge in [0.05, 0.1) is 11.4 Å². The summed E-state index contributed by atoms with van der Waals surface area (Å²) in [6.45, 7) is 0. The Kier molecular flexibility index (Phi) is 3.14. The zero-order chi connectivity index (χ0) is 13.1. The molecule has 0 fully saturated rings. The van der Waals surface area contributed by atoms with Gasteiger partial charge in [-0.15, -0.1) is 0 Å². The third-order valence-electron chi connectivity index (χ3n) is 2.37. The molecule has 0 aliphatic heterocycles. The van der Waals surface area contributed by atoms with Gasteiger partial charge in [-0.1, -0.05) is 6.07 Å². The third kappa shape index (κ3) is 2.57. The number of rotatable bonds is 2. The summed E-state index contributed by atoms with van der Waals surface area (Å²) in [6, 6.07) is 9.55. The van der Waals surface area contributed by atoms with E-state index >= 15 is 0 Å². The number of amides is 1. The Hall–Kier alpha value is -2.56. The molecule has 0 aliphatic rings. The molecule has 0 atom stereocenters. The van der Waals surface area contributed by atoms with Crippen LogP contribution in [0.25, 0.3) is 0 Å². The predicted molar refractivity (Wildman–Crippen MR) is 66.9 cm³/mol. The van der Waals surface area contributed by atoms with Crippen LogP contribution in [0.3, 0.4) is 0 Å². The van der Waals surface area contributed by atoms with E-state index in [1.807, 2.05) is 0 Å². The maximum absolute atomic E-state index is 13.0. The fourth-order valence-corrected chi connectivity index (χ4v) is 1.48. The molecule has 0 saturated heterocycles. The summed E-state index contributed by atoms with van der Waals surface area (Å²) in [4.78, 5) is 11.8. The van der Waals surface area contributed by atoms with E-state index in [4.69, 9.17) is 5.73 Å². The molecular formula is C13H11FN2O2. The molecule has 4 N–H and O–H groups in total. The average Bonchev–Trinajstić information content (AvgIpc) is 2.34. The van der Waals surface area contributed by atoms with Crippen molar-refractivity contribution in [2.75, 3.05) is 11.1 Å². The van der Waals surface area contributed by atoms with Crippen molar-refractivity contribution in [1.82, 2.24) is 0 Å². The second kappa shape index (κ2) is 4.75. The molecule has 0 saturated carbocycles. The van der Waals surface area contributed by atoms with Crippen LogP contribution in [0.1, 0.15) is 10.4 Å². The van der Waals surface area contributed by atoms with Crippen molar-refractivity contribution in [2.45, 2.75) is 0 Å². The van der Waals surface area contributed by atoms with Crippen LogP contribution in [0.4, 0.5) is 15.8 Å². The molecule has 92 valence electrons. The quantitative estimate of drug-likeness (QED) is 0.712. The molecule has 5 heteroatoms. The monoisotopic (exact) mass is 246 g/mol. The first-order valence-electron chi connectivity index (χ1n) is 5.21. The predicted octanol–water partition coefficient (Wildman–Crippen LogP) is 2.37. The first-order valence-corrected chi connectivity index (χ1v) is 5.21. The summed E-state index contributed by atoms with van der Waals surface area (Å²) in [5, 5.41) is 11.7. The highest BCUT2D eigenvalue weighted by molar-refractivity contribution is 6.05. The number of carbonyl (C=O) groups excluding carboxylic acids is 1. The molecule has 4 nitrogen and oxygen atoms in total. The SMILES string of the molecule is Nc1ccc(F)cc1NC(=O)c1cccc(O)c1. The van der Waals surface area contributed by atoms with E-state index in [-0.39, 0.29) is 22.7 Å². The number of benzene rings is 2. The molecule has 2 rings (SSSR count). The number of anilines is 2. The summed E-state index contributed by atoms with van der Waals surface area (Å²) in [6.07, 6.45) is 0. The lowest BCUT2D eigenvalue weighted by atomic mass is 10.2.